The first-order chi connectivity index (χ1) is 9.60. The Labute approximate surface area is 129 Å². The molecule has 0 fully saturated rings. The number of nitrogens with zero attached hydrogens (tertiary/aromatic N) is 4. The number of amides is 2. The molecule has 0 spiro atoms. The van der Waals surface area contributed by atoms with Gasteiger partial charge < -0.3 is 14.8 Å². The van der Waals surface area contributed by atoms with Gasteiger partial charge in [0.1, 0.15) is 6.33 Å². The fourth-order valence-corrected chi connectivity index (χ4v) is 3.22. The van der Waals surface area contributed by atoms with Crippen LogP contribution in [0.2, 0.25) is 0 Å². The van der Waals surface area contributed by atoms with E-state index in [2.05, 4.69) is 31.4 Å². The number of hydrogen-bond acceptors (Lipinski definition) is 4. The lowest BCUT2D eigenvalue weighted by atomic mass is 10.4. The second kappa shape index (κ2) is 6.85. The lowest BCUT2D eigenvalue weighted by Crippen LogP contribution is -2.36. The van der Waals surface area contributed by atoms with Gasteiger partial charge in [0.25, 0.3) is 0 Å². The van der Waals surface area contributed by atoms with Crippen LogP contribution in [-0.4, -0.2) is 32.7 Å². The number of aryl methyl sites for hydroxylation is 1. The zero-order valence-corrected chi connectivity index (χ0v) is 13.7. The molecule has 2 amide bonds. The molecule has 0 aromatic carbocycles. The van der Waals surface area contributed by atoms with Gasteiger partial charge in [0.05, 0.1) is 13.1 Å². The highest BCUT2D eigenvalue weighted by molar-refractivity contribution is 9.10. The van der Waals surface area contributed by atoms with E-state index in [1.165, 1.54) is 0 Å². The van der Waals surface area contributed by atoms with Crippen molar-refractivity contribution in [2.24, 2.45) is 0 Å². The maximum Gasteiger partial charge on any atom is 0.317 e. The third-order valence-corrected chi connectivity index (χ3v) is 4.48. The summed E-state index contributed by atoms with van der Waals surface area (Å²) in [5.74, 6) is 0.758. The molecule has 1 N–H and O–H groups in total. The standard InChI is InChI=1S/C12H16BrN5OS/c1-3-18-8-15-16-11(18)5-14-12(19)17(2)6-10-4-9(13)7-20-10/h4,7-8H,3,5-6H2,1-2H3,(H,14,19). The lowest BCUT2D eigenvalue weighted by Gasteiger charge is -2.17. The van der Waals surface area contributed by atoms with Gasteiger partial charge in [-0.15, -0.1) is 21.5 Å². The summed E-state index contributed by atoms with van der Waals surface area (Å²) >= 11 is 5.03. The van der Waals surface area contributed by atoms with Crippen molar-refractivity contribution in [3.63, 3.8) is 0 Å². The second-order valence-corrected chi connectivity index (χ2v) is 6.19. The molecule has 2 rings (SSSR count). The number of urea groups is 1. The number of aromatic nitrogens is 3. The highest BCUT2D eigenvalue weighted by atomic mass is 79.9. The van der Waals surface area contributed by atoms with Crippen molar-refractivity contribution in [1.29, 1.82) is 0 Å². The van der Waals surface area contributed by atoms with E-state index in [-0.39, 0.29) is 6.03 Å². The second-order valence-electron chi connectivity index (χ2n) is 4.28. The number of thiophene rings is 1. The summed E-state index contributed by atoms with van der Waals surface area (Å²) in [6.07, 6.45) is 1.66. The zero-order chi connectivity index (χ0) is 14.5. The van der Waals surface area contributed by atoms with Crippen molar-refractivity contribution >= 4 is 33.3 Å². The van der Waals surface area contributed by atoms with Crippen LogP contribution in [-0.2, 0) is 19.6 Å². The van der Waals surface area contributed by atoms with Gasteiger partial charge in [-0.1, -0.05) is 0 Å². The molecule has 0 radical (unpaired) electrons. The quantitative estimate of drug-likeness (QED) is 0.893. The summed E-state index contributed by atoms with van der Waals surface area (Å²) in [7, 11) is 1.77. The van der Waals surface area contributed by atoms with Gasteiger partial charge in [0, 0.05) is 28.3 Å². The Balaban J connectivity index is 1.85. The van der Waals surface area contributed by atoms with Crippen molar-refractivity contribution in [3.05, 3.63) is 32.9 Å². The van der Waals surface area contributed by atoms with Crippen molar-refractivity contribution in [1.82, 2.24) is 25.0 Å². The van der Waals surface area contributed by atoms with Crippen LogP contribution < -0.4 is 5.32 Å². The minimum atomic E-state index is -0.125. The van der Waals surface area contributed by atoms with Crippen molar-refractivity contribution in [2.75, 3.05) is 7.05 Å². The molecule has 0 unspecified atom stereocenters. The topological polar surface area (TPSA) is 63.1 Å². The first-order valence-corrected chi connectivity index (χ1v) is 7.86. The molecule has 8 heteroatoms. The Morgan fingerprint density at radius 1 is 1.60 bits per heavy atom. The Kier molecular flexibility index (Phi) is 5.13. The van der Waals surface area contributed by atoms with Gasteiger partial charge in [-0.25, -0.2) is 4.79 Å². The Morgan fingerprint density at radius 3 is 3.05 bits per heavy atom. The molecule has 0 atom stereocenters. The summed E-state index contributed by atoms with van der Waals surface area (Å²) in [6.45, 7) is 3.76. The fraction of sp³-hybridized carbons (Fsp3) is 0.417. The molecule has 108 valence electrons. The third kappa shape index (κ3) is 3.80. The molecule has 2 heterocycles. The van der Waals surface area contributed by atoms with E-state index in [1.54, 1.807) is 29.6 Å². The average molecular weight is 358 g/mol. The molecule has 2 aromatic rings. The van der Waals surface area contributed by atoms with Crippen LogP contribution in [0.3, 0.4) is 0 Å². The summed E-state index contributed by atoms with van der Waals surface area (Å²) in [6, 6.07) is 1.89. The molecule has 6 nitrogen and oxygen atoms in total. The number of halogens is 1. The van der Waals surface area contributed by atoms with Gasteiger partial charge in [-0.2, -0.15) is 0 Å². The van der Waals surface area contributed by atoms with E-state index >= 15 is 0 Å². The van der Waals surface area contributed by atoms with Gasteiger partial charge in [0.2, 0.25) is 0 Å². The highest BCUT2D eigenvalue weighted by Crippen LogP contribution is 2.20. The van der Waals surface area contributed by atoms with Crippen molar-refractivity contribution < 1.29 is 4.79 Å². The first kappa shape index (κ1) is 15.0. The van der Waals surface area contributed by atoms with E-state index in [0.29, 0.717) is 13.1 Å². The van der Waals surface area contributed by atoms with Gasteiger partial charge in [0.15, 0.2) is 5.82 Å². The number of rotatable bonds is 5. The van der Waals surface area contributed by atoms with Crippen LogP contribution in [0.1, 0.15) is 17.6 Å². The summed E-state index contributed by atoms with van der Waals surface area (Å²) in [5, 5.41) is 12.7. The molecule has 0 saturated carbocycles. The fourth-order valence-electron chi connectivity index (χ4n) is 1.71. The number of carbonyl (C=O) groups is 1. The minimum absolute atomic E-state index is 0.125. The molecule has 0 bridgehead atoms. The van der Waals surface area contributed by atoms with E-state index in [1.807, 2.05) is 22.9 Å². The number of nitrogens with one attached hydrogen (secondary N) is 1. The van der Waals surface area contributed by atoms with E-state index in [9.17, 15) is 4.79 Å². The minimum Gasteiger partial charge on any atom is -0.331 e. The van der Waals surface area contributed by atoms with Crippen LogP contribution in [0.25, 0.3) is 0 Å². The molecule has 0 aliphatic rings. The summed E-state index contributed by atoms with van der Waals surface area (Å²) < 4.78 is 2.94. The predicted molar refractivity (Wildman–Crippen MR) is 81.4 cm³/mol. The normalized spacial score (nSPS) is 10.6. The van der Waals surface area contributed by atoms with Crippen LogP contribution >= 0.6 is 27.3 Å². The third-order valence-electron chi connectivity index (χ3n) is 2.80. The van der Waals surface area contributed by atoms with E-state index < -0.39 is 0 Å². The summed E-state index contributed by atoms with van der Waals surface area (Å²) in [4.78, 5) is 14.8. The lowest BCUT2D eigenvalue weighted by molar-refractivity contribution is 0.206. The molecule has 0 aliphatic heterocycles. The van der Waals surface area contributed by atoms with Gasteiger partial charge in [-0.05, 0) is 28.9 Å². The van der Waals surface area contributed by atoms with Gasteiger partial charge >= 0.3 is 6.03 Å². The van der Waals surface area contributed by atoms with Gasteiger partial charge in [-0.3, -0.25) is 0 Å². The molecular formula is C12H16BrN5OS. The smallest absolute Gasteiger partial charge is 0.317 e. The van der Waals surface area contributed by atoms with E-state index in [4.69, 9.17) is 0 Å². The average Bonchev–Trinajstić information content (AvgIpc) is 3.04. The largest absolute Gasteiger partial charge is 0.331 e. The molecular weight excluding hydrogens is 342 g/mol. The van der Waals surface area contributed by atoms with E-state index in [0.717, 1.165) is 21.7 Å². The predicted octanol–water partition coefficient (Wildman–Crippen LogP) is 2.46. The van der Waals surface area contributed by atoms with Crippen molar-refractivity contribution in [3.8, 4) is 0 Å². The Hall–Kier alpha value is -1.41. The molecule has 20 heavy (non-hydrogen) atoms. The van der Waals surface area contributed by atoms with Crippen LogP contribution in [0, 0.1) is 0 Å². The van der Waals surface area contributed by atoms with Crippen LogP contribution in [0.5, 0.6) is 0 Å². The highest BCUT2D eigenvalue weighted by Gasteiger charge is 2.11. The molecule has 2 aromatic heterocycles. The van der Waals surface area contributed by atoms with Crippen molar-refractivity contribution in [2.45, 2.75) is 26.6 Å². The SMILES string of the molecule is CCn1cnnc1CNC(=O)N(C)Cc1cc(Br)cs1. The van der Waals surface area contributed by atoms with Crippen LogP contribution in [0.15, 0.2) is 22.2 Å². The molecule has 0 saturated heterocycles. The number of hydrogen-bond donors (Lipinski definition) is 1. The Morgan fingerprint density at radius 2 is 2.40 bits per heavy atom. The Bertz CT molecular complexity index is 582. The first-order valence-electron chi connectivity index (χ1n) is 6.18. The maximum atomic E-state index is 12.0. The summed E-state index contributed by atoms with van der Waals surface area (Å²) in [5.41, 5.74) is 0. The molecule has 0 aliphatic carbocycles. The zero-order valence-electron chi connectivity index (χ0n) is 11.3. The maximum absolute atomic E-state index is 12.0. The van der Waals surface area contributed by atoms with Crippen LogP contribution in [0.4, 0.5) is 4.79 Å². The monoisotopic (exact) mass is 357 g/mol. The number of carbonyl (C=O) groups excluding carboxylic acids is 1.